The number of aromatic nitrogens is 1. The maximum atomic E-state index is 5.68. The Hall–Kier alpha value is -1.20. The van der Waals surface area contributed by atoms with E-state index in [0.717, 1.165) is 43.3 Å². The molecule has 1 rings (SSSR count). The molecule has 106 valence electrons. The fraction of sp³-hybridized carbons (Fsp3) is 0.571. The lowest BCUT2D eigenvalue weighted by Gasteiger charge is -2.11. The van der Waals surface area contributed by atoms with Gasteiger partial charge in [0.15, 0.2) is 0 Å². The predicted molar refractivity (Wildman–Crippen MR) is 83.6 cm³/mol. The number of ether oxygens (including phenoxy) is 1. The van der Waals surface area contributed by atoms with Crippen LogP contribution in [-0.4, -0.2) is 29.7 Å². The van der Waals surface area contributed by atoms with Crippen molar-refractivity contribution in [3.63, 3.8) is 0 Å². The number of hydrogen-bond acceptors (Lipinski definition) is 4. The smallest absolute Gasteiger partial charge is 0.136 e. The zero-order valence-corrected chi connectivity index (χ0v) is 12.7. The van der Waals surface area contributed by atoms with E-state index < -0.39 is 0 Å². The summed E-state index contributed by atoms with van der Waals surface area (Å²) in [7, 11) is 0. The Morgan fingerprint density at radius 2 is 2.21 bits per heavy atom. The average molecular weight is 281 g/mol. The van der Waals surface area contributed by atoms with Gasteiger partial charge in [-0.1, -0.05) is 26.1 Å². The van der Waals surface area contributed by atoms with E-state index in [1.54, 1.807) is 0 Å². The molecule has 0 aliphatic heterocycles. The van der Waals surface area contributed by atoms with Crippen LogP contribution in [0.4, 0.5) is 5.82 Å². The summed E-state index contributed by atoms with van der Waals surface area (Å²) in [6.07, 6.45) is 0.930. The number of nitrogens with one attached hydrogen (secondary N) is 1. The topological polar surface area (TPSA) is 60.2 Å². The van der Waals surface area contributed by atoms with E-state index in [9.17, 15) is 0 Å². The lowest BCUT2D eigenvalue weighted by atomic mass is 10.2. The van der Waals surface area contributed by atoms with Gasteiger partial charge < -0.3 is 15.8 Å². The first-order valence-electron chi connectivity index (χ1n) is 6.59. The molecule has 0 spiro atoms. The third kappa shape index (κ3) is 5.98. The highest BCUT2D eigenvalue weighted by Crippen LogP contribution is 2.13. The van der Waals surface area contributed by atoms with Crippen LogP contribution in [0.15, 0.2) is 12.1 Å². The quantitative estimate of drug-likeness (QED) is 0.566. The molecule has 0 fully saturated rings. The van der Waals surface area contributed by atoms with Crippen LogP contribution in [-0.2, 0) is 4.74 Å². The number of aryl methyl sites for hydroxylation is 1. The van der Waals surface area contributed by atoms with Gasteiger partial charge >= 0.3 is 0 Å². The van der Waals surface area contributed by atoms with Gasteiger partial charge in [0.2, 0.25) is 0 Å². The molecule has 1 aromatic rings. The molecule has 0 saturated heterocycles. The Kier molecular flexibility index (Phi) is 6.73. The fourth-order valence-corrected chi connectivity index (χ4v) is 1.76. The molecule has 4 nitrogen and oxygen atoms in total. The first kappa shape index (κ1) is 15.9. The summed E-state index contributed by atoms with van der Waals surface area (Å²) in [5.74, 6) is 1.34. The summed E-state index contributed by atoms with van der Waals surface area (Å²) < 4.78 is 5.52. The van der Waals surface area contributed by atoms with Gasteiger partial charge in [0.1, 0.15) is 10.8 Å². The molecule has 0 saturated carbocycles. The van der Waals surface area contributed by atoms with E-state index in [4.69, 9.17) is 22.7 Å². The molecular formula is C14H23N3OS. The maximum Gasteiger partial charge on any atom is 0.136 e. The number of nitrogens with two attached hydrogens (primary N) is 1. The van der Waals surface area contributed by atoms with Gasteiger partial charge in [0.25, 0.3) is 0 Å². The molecule has 3 N–H and O–H groups in total. The van der Waals surface area contributed by atoms with Crippen LogP contribution in [0, 0.1) is 12.8 Å². The second kappa shape index (κ2) is 8.07. The van der Waals surface area contributed by atoms with Crippen LogP contribution in [0.5, 0.6) is 0 Å². The molecule has 5 heteroatoms. The van der Waals surface area contributed by atoms with Gasteiger partial charge in [-0.2, -0.15) is 0 Å². The average Bonchev–Trinajstić information content (AvgIpc) is 2.33. The van der Waals surface area contributed by atoms with Gasteiger partial charge in [-0.15, -0.1) is 0 Å². The molecule has 1 aromatic heterocycles. The minimum absolute atomic E-state index is 0.367. The fourth-order valence-electron chi connectivity index (χ4n) is 1.59. The van der Waals surface area contributed by atoms with Crippen molar-refractivity contribution in [1.29, 1.82) is 0 Å². The van der Waals surface area contributed by atoms with Gasteiger partial charge in [-0.05, 0) is 31.4 Å². The predicted octanol–water partition coefficient (Wildman–Crippen LogP) is 2.50. The monoisotopic (exact) mass is 281 g/mol. The van der Waals surface area contributed by atoms with Crippen molar-refractivity contribution in [2.75, 3.05) is 25.1 Å². The summed E-state index contributed by atoms with van der Waals surface area (Å²) >= 11 is 5.02. The Morgan fingerprint density at radius 1 is 1.47 bits per heavy atom. The molecule has 0 aliphatic rings. The molecule has 0 atom stereocenters. The van der Waals surface area contributed by atoms with Crippen LogP contribution >= 0.6 is 12.2 Å². The SMILES string of the molecule is Cc1ccc(C(N)=S)c(NCCCOCC(C)C)n1. The summed E-state index contributed by atoms with van der Waals surface area (Å²) in [6.45, 7) is 8.58. The van der Waals surface area contributed by atoms with Crippen LogP contribution in [0.3, 0.4) is 0 Å². The third-order valence-electron chi connectivity index (χ3n) is 2.51. The first-order chi connectivity index (χ1) is 9.00. The van der Waals surface area contributed by atoms with Crippen molar-refractivity contribution in [2.24, 2.45) is 11.7 Å². The Morgan fingerprint density at radius 3 is 2.84 bits per heavy atom. The normalized spacial score (nSPS) is 10.7. The lowest BCUT2D eigenvalue weighted by Crippen LogP contribution is -2.16. The number of thiocarbonyl (C=S) groups is 1. The molecule has 0 bridgehead atoms. The molecule has 0 aromatic carbocycles. The van der Waals surface area contributed by atoms with Crippen molar-refractivity contribution in [3.05, 3.63) is 23.4 Å². The van der Waals surface area contributed by atoms with E-state index in [1.165, 1.54) is 0 Å². The largest absolute Gasteiger partial charge is 0.389 e. The van der Waals surface area contributed by atoms with Crippen molar-refractivity contribution >= 4 is 23.0 Å². The maximum absolute atomic E-state index is 5.68. The van der Waals surface area contributed by atoms with Crippen LogP contribution in [0.1, 0.15) is 31.5 Å². The highest BCUT2D eigenvalue weighted by Gasteiger charge is 2.06. The van der Waals surface area contributed by atoms with Gasteiger partial charge in [-0.3, -0.25) is 0 Å². The first-order valence-corrected chi connectivity index (χ1v) is 7.00. The number of pyridine rings is 1. The summed E-state index contributed by atoms with van der Waals surface area (Å²) in [4.78, 5) is 4.79. The standard InChI is InChI=1S/C14H23N3OS/c1-10(2)9-18-8-4-7-16-14-12(13(15)19)6-5-11(3)17-14/h5-6,10H,4,7-9H2,1-3H3,(H2,15,19)(H,16,17). The second-order valence-electron chi connectivity index (χ2n) is 4.96. The number of rotatable bonds is 8. The van der Waals surface area contributed by atoms with E-state index in [1.807, 2.05) is 19.1 Å². The molecule has 0 amide bonds. The molecular weight excluding hydrogens is 258 g/mol. The minimum Gasteiger partial charge on any atom is -0.389 e. The number of hydrogen-bond donors (Lipinski definition) is 2. The molecule has 1 heterocycles. The van der Waals surface area contributed by atoms with Gasteiger partial charge in [-0.25, -0.2) is 4.98 Å². The van der Waals surface area contributed by atoms with Crippen molar-refractivity contribution < 1.29 is 4.74 Å². The van der Waals surface area contributed by atoms with Gasteiger partial charge in [0.05, 0.1) is 5.56 Å². The summed E-state index contributed by atoms with van der Waals surface area (Å²) in [5.41, 5.74) is 7.41. The van der Waals surface area contributed by atoms with Crippen molar-refractivity contribution in [2.45, 2.75) is 27.2 Å². The zero-order valence-electron chi connectivity index (χ0n) is 11.9. The van der Waals surface area contributed by atoms with Crippen molar-refractivity contribution in [1.82, 2.24) is 4.98 Å². The van der Waals surface area contributed by atoms with E-state index in [-0.39, 0.29) is 0 Å². The Labute approximate surface area is 120 Å². The van der Waals surface area contributed by atoms with E-state index in [0.29, 0.717) is 10.9 Å². The highest BCUT2D eigenvalue weighted by atomic mass is 32.1. The molecule has 0 aliphatic carbocycles. The van der Waals surface area contributed by atoms with Crippen LogP contribution < -0.4 is 11.1 Å². The number of nitrogens with zero attached hydrogens (tertiary/aromatic N) is 1. The molecule has 19 heavy (non-hydrogen) atoms. The lowest BCUT2D eigenvalue weighted by molar-refractivity contribution is 0.110. The Bertz CT molecular complexity index is 421. The van der Waals surface area contributed by atoms with Crippen molar-refractivity contribution in [3.8, 4) is 0 Å². The van der Waals surface area contributed by atoms with E-state index >= 15 is 0 Å². The van der Waals surface area contributed by atoms with Crippen LogP contribution in [0.25, 0.3) is 0 Å². The third-order valence-corrected chi connectivity index (χ3v) is 2.73. The molecule has 0 unspecified atom stereocenters. The number of anilines is 1. The molecule has 0 radical (unpaired) electrons. The van der Waals surface area contributed by atoms with Crippen LogP contribution in [0.2, 0.25) is 0 Å². The second-order valence-corrected chi connectivity index (χ2v) is 5.40. The summed E-state index contributed by atoms with van der Waals surface area (Å²) in [6, 6.07) is 3.81. The highest BCUT2D eigenvalue weighted by molar-refractivity contribution is 7.80. The Balaban J connectivity index is 2.40. The summed E-state index contributed by atoms with van der Waals surface area (Å²) in [5, 5.41) is 3.26. The van der Waals surface area contributed by atoms with Gasteiger partial charge in [0, 0.05) is 25.5 Å². The van der Waals surface area contributed by atoms with E-state index in [2.05, 4.69) is 24.1 Å². The minimum atomic E-state index is 0.367. The zero-order chi connectivity index (χ0) is 14.3.